The lowest BCUT2D eigenvalue weighted by atomic mass is 9.71. The molecule has 0 spiro atoms. The molecule has 19 heavy (non-hydrogen) atoms. The Labute approximate surface area is 118 Å². The number of hydrogen-bond donors (Lipinski definition) is 1. The number of ether oxygens (including phenoxy) is 1. The third kappa shape index (κ3) is 3.16. The normalized spacial score (nSPS) is 41.8. The molecule has 1 saturated heterocycles. The molecule has 0 aromatic carbocycles. The van der Waals surface area contributed by atoms with Gasteiger partial charge in [-0.1, -0.05) is 13.3 Å². The van der Waals surface area contributed by atoms with Crippen LogP contribution in [0.25, 0.3) is 0 Å². The minimum Gasteiger partial charge on any atom is -0.381 e. The Hall–Kier alpha value is -0.0800. The smallest absolute Gasteiger partial charge is 0.0534 e. The lowest BCUT2D eigenvalue weighted by Gasteiger charge is -2.41. The van der Waals surface area contributed by atoms with Gasteiger partial charge in [-0.05, 0) is 69.2 Å². The largest absolute Gasteiger partial charge is 0.381 e. The highest BCUT2D eigenvalue weighted by Crippen LogP contribution is 2.52. The fourth-order valence-electron chi connectivity index (χ4n) is 5.00. The van der Waals surface area contributed by atoms with E-state index in [-0.39, 0.29) is 0 Å². The predicted octanol–water partition coefficient (Wildman–Crippen LogP) is 3.61. The molecule has 3 aliphatic rings. The summed E-state index contributed by atoms with van der Waals surface area (Å²) in [6.45, 7) is 6.62. The van der Waals surface area contributed by atoms with Crippen molar-refractivity contribution in [1.29, 1.82) is 0 Å². The maximum Gasteiger partial charge on any atom is 0.0534 e. The van der Waals surface area contributed by atoms with Crippen molar-refractivity contribution < 1.29 is 4.74 Å². The van der Waals surface area contributed by atoms with Gasteiger partial charge in [-0.25, -0.2) is 0 Å². The Morgan fingerprint density at radius 2 is 2.21 bits per heavy atom. The van der Waals surface area contributed by atoms with Gasteiger partial charge in [0.1, 0.15) is 0 Å². The maximum absolute atomic E-state index is 5.87. The van der Waals surface area contributed by atoms with E-state index in [1.807, 2.05) is 0 Å². The van der Waals surface area contributed by atoms with Crippen LogP contribution >= 0.6 is 0 Å². The highest BCUT2D eigenvalue weighted by Gasteiger charge is 2.44. The van der Waals surface area contributed by atoms with Crippen molar-refractivity contribution in [3.8, 4) is 0 Å². The molecule has 1 heterocycles. The molecule has 0 amide bonds. The SMILES string of the molecule is CCCNCC1(CC2CC3CCC2C3)CCCOC1. The van der Waals surface area contributed by atoms with Crippen LogP contribution in [0.5, 0.6) is 0 Å². The monoisotopic (exact) mass is 265 g/mol. The predicted molar refractivity (Wildman–Crippen MR) is 79.2 cm³/mol. The third-order valence-corrected chi connectivity index (χ3v) is 5.91. The van der Waals surface area contributed by atoms with Crippen LogP contribution in [0.3, 0.4) is 0 Å². The Bertz CT molecular complexity index is 285. The molecule has 3 fully saturated rings. The third-order valence-electron chi connectivity index (χ3n) is 5.91. The Morgan fingerprint density at radius 1 is 1.26 bits per heavy atom. The molecule has 2 aliphatic carbocycles. The van der Waals surface area contributed by atoms with Crippen molar-refractivity contribution in [2.75, 3.05) is 26.3 Å². The molecular formula is C17H31NO. The molecule has 110 valence electrons. The minimum absolute atomic E-state index is 0.461. The summed E-state index contributed by atoms with van der Waals surface area (Å²) >= 11 is 0. The van der Waals surface area contributed by atoms with E-state index < -0.39 is 0 Å². The fourth-order valence-corrected chi connectivity index (χ4v) is 5.00. The number of hydrogen-bond acceptors (Lipinski definition) is 2. The average Bonchev–Trinajstić information content (AvgIpc) is 3.02. The number of nitrogens with one attached hydrogen (secondary N) is 1. The standard InChI is InChI=1S/C17H31NO/c1-2-7-18-12-17(6-3-8-19-13-17)11-16-10-14-4-5-15(16)9-14/h14-16,18H,2-13H2,1H3. The lowest BCUT2D eigenvalue weighted by Crippen LogP contribution is -2.43. The van der Waals surface area contributed by atoms with E-state index in [9.17, 15) is 0 Å². The minimum atomic E-state index is 0.461. The molecule has 2 bridgehead atoms. The second-order valence-corrected chi connectivity index (χ2v) is 7.47. The van der Waals surface area contributed by atoms with Crippen LogP contribution in [-0.2, 0) is 4.74 Å². The van der Waals surface area contributed by atoms with Crippen LogP contribution in [0.15, 0.2) is 0 Å². The van der Waals surface area contributed by atoms with Gasteiger partial charge in [-0.3, -0.25) is 0 Å². The van der Waals surface area contributed by atoms with Crippen LogP contribution in [0.1, 0.15) is 58.3 Å². The summed E-state index contributed by atoms with van der Waals surface area (Å²) in [5.74, 6) is 3.17. The first-order chi connectivity index (χ1) is 9.31. The van der Waals surface area contributed by atoms with E-state index in [4.69, 9.17) is 4.74 Å². The van der Waals surface area contributed by atoms with Crippen LogP contribution in [0, 0.1) is 23.2 Å². The first-order valence-electron chi connectivity index (χ1n) is 8.60. The lowest BCUT2D eigenvalue weighted by molar-refractivity contribution is -0.0248. The molecule has 0 radical (unpaired) electrons. The first-order valence-corrected chi connectivity index (χ1v) is 8.60. The van der Waals surface area contributed by atoms with Crippen LogP contribution in [0.4, 0.5) is 0 Å². The van der Waals surface area contributed by atoms with Crippen LogP contribution in [0.2, 0.25) is 0 Å². The molecule has 4 atom stereocenters. The number of rotatable bonds is 6. The van der Waals surface area contributed by atoms with Crippen molar-refractivity contribution in [1.82, 2.24) is 5.32 Å². The van der Waals surface area contributed by atoms with Crippen molar-refractivity contribution >= 4 is 0 Å². The van der Waals surface area contributed by atoms with Crippen LogP contribution in [-0.4, -0.2) is 26.3 Å². The second kappa shape index (κ2) is 6.13. The van der Waals surface area contributed by atoms with Crippen molar-refractivity contribution in [3.63, 3.8) is 0 Å². The molecule has 2 heteroatoms. The van der Waals surface area contributed by atoms with E-state index in [0.29, 0.717) is 5.41 Å². The molecular weight excluding hydrogens is 234 g/mol. The Kier molecular flexibility index (Phi) is 4.48. The molecule has 1 N–H and O–H groups in total. The summed E-state index contributed by atoms with van der Waals surface area (Å²) in [6.07, 6.45) is 11.5. The number of fused-ring (bicyclic) bond motifs is 2. The van der Waals surface area contributed by atoms with Crippen molar-refractivity contribution in [2.24, 2.45) is 23.2 Å². The van der Waals surface area contributed by atoms with E-state index >= 15 is 0 Å². The Balaban J connectivity index is 1.58. The molecule has 1 aliphatic heterocycles. The second-order valence-electron chi connectivity index (χ2n) is 7.47. The summed E-state index contributed by atoms with van der Waals surface area (Å²) in [4.78, 5) is 0. The van der Waals surface area contributed by atoms with E-state index in [0.717, 1.165) is 31.0 Å². The van der Waals surface area contributed by atoms with Gasteiger partial charge in [0.05, 0.1) is 6.61 Å². The van der Waals surface area contributed by atoms with Crippen molar-refractivity contribution in [3.05, 3.63) is 0 Å². The van der Waals surface area contributed by atoms with Gasteiger partial charge in [-0.2, -0.15) is 0 Å². The Morgan fingerprint density at radius 3 is 2.84 bits per heavy atom. The molecule has 3 rings (SSSR count). The topological polar surface area (TPSA) is 21.3 Å². The average molecular weight is 265 g/mol. The van der Waals surface area contributed by atoms with Crippen molar-refractivity contribution in [2.45, 2.75) is 58.3 Å². The van der Waals surface area contributed by atoms with Gasteiger partial charge in [0.15, 0.2) is 0 Å². The maximum atomic E-state index is 5.87. The van der Waals surface area contributed by atoms with E-state index in [1.165, 1.54) is 58.0 Å². The molecule has 0 aromatic heterocycles. The summed E-state index contributed by atoms with van der Waals surface area (Å²) < 4.78 is 5.87. The zero-order valence-corrected chi connectivity index (χ0v) is 12.6. The molecule has 4 unspecified atom stereocenters. The summed E-state index contributed by atoms with van der Waals surface area (Å²) in [5.41, 5.74) is 0.461. The zero-order chi connectivity index (χ0) is 13.1. The van der Waals surface area contributed by atoms with Gasteiger partial charge in [0, 0.05) is 18.6 Å². The van der Waals surface area contributed by atoms with E-state index in [1.54, 1.807) is 6.42 Å². The van der Waals surface area contributed by atoms with Gasteiger partial charge in [-0.15, -0.1) is 0 Å². The van der Waals surface area contributed by atoms with Gasteiger partial charge < -0.3 is 10.1 Å². The summed E-state index contributed by atoms with van der Waals surface area (Å²) in [7, 11) is 0. The molecule has 2 nitrogen and oxygen atoms in total. The highest BCUT2D eigenvalue weighted by molar-refractivity contribution is 4.95. The summed E-state index contributed by atoms with van der Waals surface area (Å²) in [6, 6.07) is 0. The summed E-state index contributed by atoms with van der Waals surface area (Å²) in [5, 5.41) is 3.68. The van der Waals surface area contributed by atoms with Gasteiger partial charge >= 0.3 is 0 Å². The van der Waals surface area contributed by atoms with Gasteiger partial charge in [0.2, 0.25) is 0 Å². The first kappa shape index (κ1) is 13.9. The molecule has 0 aromatic rings. The quantitative estimate of drug-likeness (QED) is 0.741. The molecule has 2 saturated carbocycles. The van der Waals surface area contributed by atoms with Crippen LogP contribution < -0.4 is 5.32 Å². The highest BCUT2D eigenvalue weighted by atomic mass is 16.5. The fraction of sp³-hybridized carbons (Fsp3) is 1.00. The van der Waals surface area contributed by atoms with Gasteiger partial charge in [0.25, 0.3) is 0 Å². The zero-order valence-electron chi connectivity index (χ0n) is 12.6. The van der Waals surface area contributed by atoms with E-state index in [2.05, 4.69) is 12.2 Å².